The Morgan fingerprint density at radius 2 is 1.33 bits per heavy atom. The second-order valence-electron chi connectivity index (χ2n) is 4.51. The Morgan fingerprint density at radius 3 is 1.67 bits per heavy atom. The highest BCUT2D eigenvalue weighted by molar-refractivity contribution is 5.93. The Bertz CT molecular complexity index is 705. The first-order chi connectivity index (χ1) is 11.7. The van der Waals surface area contributed by atoms with E-state index in [9.17, 15) is 0 Å². The molecule has 0 saturated heterocycles. The van der Waals surface area contributed by atoms with Crippen molar-refractivity contribution in [3.05, 3.63) is 98.7 Å². The smallest absolute Gasteiger partial charge is 0.211 e. The van der Waals surface area contributed by atoms with Crippen molar-refractivity contribution in [1.82, 2.24) is 9.88 Å². The van der Waals surface area contributed by atoms with Gasteiger partial charge in [-0.05, 0) is 18.4 Å². The maximum atomic E-state index is 4.32. The van der Waals surface area contributed by atoms with Crippen LogP contribution in [-0.4, -0.2) is 10.5 Å². The van der Waals surface area contributed by atoms with Crippen molar-refractivity contribution in [2.45, 2.75) is 0 Å². The van der Waals surface area contributed by atoms with Crippen LogP contribution in [0.4, 0.5) is 0 Å². The molecular weight excluding hydrogens is 294 g/mol. The van der Waals surface area contributed by atoms with Gasteiger partial charge in [-0.25, -0.2) is 4.99 Å². The largest absolute Gasteiger partial charge is 0.333 e. The van der Waals surface area contributed by atoms with E-state index >= 15 is 0 Å². The van der Waals surface area contributed by atoms with Gasteiger partial charge in [0.15, 0.2) is 0 Å². The predicted molar refractivity (Wildman–Crippen MR) is 109 cm³/mol. The van der Waals surface area contributed by atoms with Crippen LogP contribution >= 0.6 is 0 Å². The summed E-state index contributed by atoms with van der Waals surface area (Å²) < 4.78 is 1.94. The molecule has 1 aromatic heterocycles. The lowest BCUT2D eigenvalue weighted by Crippen LogP contribution is -2.27. The zero-order chi connectivity index (χ0) is 17.9. The minimum absolute atomic E-state index is 0.559. The SMILES string of the molecule is C=C/C=C\c1c(C=C)c(C=C)c(/C=C\C=C)n1C(=NC=C)NC=C. The topological polar surface area (TPSA) is 29.3 Å². The van der Waals surface area contributed by atoms with Crippen LogP contribution in [0.5, 0.6) is 0 Å². The Hall–Kier alpha value is -3.33. The summed E-state index contributed by atoms with van der Waals surface area (Å²) >= 11 is 0. The predicted octanol–water partition coefficient (Wildman–Crippen LogP) is 5.25. The van der Waals surface area contributed by atoms with Crippen LogP contribution in [0.1, 0.15) is 22.5 Å². The van der Waals surface area contributed by atoms with Gasteiger partial charge in [0.1, 0.15) is 0 Å². The summed E-state index contributed by atoms with van der Waals surface area (Å²) in [7, 11) is 0. The molecule has 0 aliphatic heterocycles. The molecule has 0 unspecified atom stereocenters. The van der Waals surface area contributed by atoms with Gasteiger partial charge < -0.3 is 5.32 Å². The highest BCUT2D eigenvalue weighted by atomic mass is 15.2. The summed E-state index contributed by atoms with van der Waals surface area (Å²) in [4.78, 5) is 4.32. The highest BCUT2D eigenvalue weighted by Crippen LogP contribution is 2.28. The molecular formula is C21H23N3. The molecule has 1 N–H and O–H groups in total. The Kier molecular flexibility index (Phi) is 7.52. The zero-order valence-corrected chi connectivity index (χ0v) is 13.9. The monoisotopic (exact) mass is 317 g/mol. The molecule has 0 aliphatic carbocycles. The molecule has 24 heavy (non-hydrogen) atoms. The van der Waals surface area contributed by atoms with Gasteiger partial charge in [-0.15, -0.1) is 0 Å². The molecule has 3 heteroatoms. The fraction of sp³-hybridized carbons (Fsp3) is 0. The first kappa shape index (κ1) is 18.7. The second-order valence-corrected chi connectivity index (χ2v) is 4.51. The van der Waals surface area contributed by atoms with Gasteiger partial charge in [0.2, 0.25) is 5.96 Å². The molecule has 1 heterocycles. The van der Waals surface area contributed by atoms with Crippen molar-refractivity contribution in [3.8, 4) is 0 Å². The van der Waals surface area contributed by atoms with Crippen LogP contribution in [-0.2, 0) is 0 Å². The molecule has 0 atom stereocenters. The van der Waals surface area contributed by atoms with E-state index in [1.165, 1.54) is 6.20 Å². The van der Waals surface area contributed by atoms with Crippen molar-refractivity contribution < 1.29 is 0 Å². The molecule has 0 aliphatic rings. The number of hydrogen-bond donors (Lipinski definition) is 1. The summed E-state index contributed by atoms with van der Waals surface area (Å²) in [5.41, 5.74) is 3.65. The van der Waals surface area contributed by atoms with Crippen molar-refractivity contribution in [1.29, 1.82) is 0 Å². The fourth-order valence-corrected chi connectivity index (χ4v) is 2.29. The summed E-state index contributed by atoms with van der Waals surface area (Å²) in [5, 5.41) is 3.04. The Labute approximate surface area is 144 Å². The average molecular weight is 317 g/mol. The third-order valence-corrected chi connectivity index (χ3v) is 3.17. The van der Waals surface area contributed by atoms with Crippen LogP contribution in [0.2, 0.25) is 0 Å². The number of nitrogens with one attached hydrogen (secondary N) is 1. The molecule has 1 rings (SSSR count). The average Bonchev–Trinajstić information content (AvgIpc) is 2.89. The van der Waals surface area contributed by atoms with E-state index in [-0.39, 0.29) is 0 Å². The van der Waals surface area contributed by atoms with Crippen molar-refractivity contribution in [2.75, 3.05) is 0 Å². The lowest BCUT2D eigenvalue weighted by Gasteiger charge is -2.12. The standard InChI is InChI=1S/C21H23N3/c1-7-13-15-19-17(9-3)18(10-4)20(16-14-8-2)24(19)21(22-11-5)23-12-6/h7-16H,1-6H2,(H,22,23)/b15-13-,16-14-. The van der Waals surface area contributed by atoms with Gasteiger partial charge in [-0.2, -0.15) is 0 Å². The number of nitrogens with zero attached hydrogens (tertiary/aromatic N) is 2. The lowest BCUT2D eigenvalue weighted by molar-refractivity contribution is 1.03. The highest BCUT2D eigenvalue weighted by Gasteiger charge is 2.19. The third-order valence-electron chi connectivity index (χ3n) is 3.17. The van der Waals surface area contributed by atoms with Crippen molar-refractivity contribution in [3.63, 3.8) is 0 Å². The second kappa shape index (κ2) is 9.64. The molecule has 122 valence electrons. The van der Waals surface area contributed by atoms with E-state index < -0.39 is 0 Å². The molecule has 1 aromatic rings. The fourth-order valence-electron chi connectivity index (χ4n) is 2.29. The normalized spacial score (nSPS) is 11.4. The molecule has 3 nitrogen and oxygen atoms in total. The number of aromatic nitrogens is 1. The van der Waals surface area contributed by atoms with E-state index in [2.05, 4.69) is 49.8 Å². The van der Waals surface area contributed by atoms with Gasteiger partial charge >= 0.3 is 0 Å². The zero-order valence-electron chi connectivity index (χ0n) is 13.9. The minimum Gasteiger partial charge on any atom is -0.333 e. The number of rotatable bonds is 8. The first-order valence-corrected chi connectivity index (χ1v) is 7.38. The van der Waals surface area contributed by atoms with Gasteiger partial charge in [0.25, 0.3) is 0 Å². The minimum atomic E-state index is 0.559. The summed E-state index contributed by atoms with van der Waals surface area (Å²) in [6.07, 6.45) is 17.6. The summed E-state index contributed by atoms with van der Waals surface area (Å²) in [6.45, 7) is 22.7. The van der Waals surface area contributed by atoms with E-state index in [1.807, 2.05) is 28.9 Å². The van der Waals surface area contributed by atoms with Crippen LogP contribution < -0.4 is 5.32 Å². The van der Waals surface area contributed by atoms with Crippen molar-refractivity contribution >= 4 is 30.3 Å². The van der Waals surface area contributed by atoms with Gasteiger partial charge in [0, 0.05) is 17.3 Å². The number of allylic oxidation sites excluding steroid dienone is 4. The maximum absolute atomic E-state index is 4.32. The van der Waals surface area contributed by atoms with E-state index in [0.29, 0.717) is 5.96 Å². The molecule has 0 bridgehead atoms. The van der Waals surface area contributed by atoms with Gasteiger partial charge in [-0.3, -0.25) is 4.57 Å². The van der Waals surface area contributed by atoms with Crippen LogP contribution in [0, 0.1) is 0 Å². The number of aliphatic imine (C=N–C) groups is 1. The van der Waals surface area contributed by atoms with Crippen molar-refractivity contribution in [2.24, 2.45) is 4.99 Å². The van der Waals surface area contributed by atoms with Gasteiger partial charge in [-0.1, -0.05) is 75.9 Å². The summed E-state index contributed by atoms with van der Waals surface area (Å²) in [6, 6.07) is 0. The van der Waals surface area contributed by atoms with Gasteiger partial charge in [0.05, 0.1) is 11.4 Å². The van der Waals surface area contributed by atoms with E-state index in [4.69, 9.17) is 0 Å². The van der Waals surface area contributed by atoms with Crippen LogP contribution in [0.3, 0.4) is 0 Å². The molecule has 0 fully saturated rings. The molecule has 0 aromatic carbocycles. The lowest BCUT2D eigenvalue weighted by atomic mass is 10.1. The van der Waals surface area contributed by atoms with Crippen LogP contribution in [0.15, 0.2) is 81.2 Å². The quantitative estimate of drug-likeness (QED) is 0.396. The Morgan fingerprint density at radius 1 is 0.833 bits per heavy atom. The molecule has 0 spiro atoms. The number of hydrogen-bond acceptors (Lipinski definition) is 1. The van der Waals surface area contributed by atoms with E-state index in [0.717, 1.165) is 22.5 Å². The maximum Gasteiger partial charge on any atom is 0.211 e. The molecule has 0 amide bonds. The van der Waals surface area contributed by atoms with Crippen LogP contribution in [0.25, 0.3) is 24.3 Å². The summed E-state index contributed by atoms with van der Waals surface area (Å²) in [5.74, 6) is 0.559. The molecule has 0 radical (unpaired) electrons. The third kappa shape index (κ3) is 3.90. The Balaban J connectivity index is 3.96. The molecule has 0 saturated carbocycles. The first-order valence-electron chi connectivity index (χ1n) is 7.38. The van der Waals surface area contributed by atoms with E-state index in [1.54, 1.807) is 30.5 Å².